The van der Waals surface area contributed by atoms with Crippen LogP contribution in [0.4, 0.5) is 0 Å². The smallest absolute Gasteiger partial charge is 0.339 e. The van der Waals surface area contributed by atoms with Gasteiger partial charge in [0.1, 0.15) is 0 Å². The number of hydrogen-bond donors (Lipinski definition) is 0. The van der Waals surface area contributed by atoms with Crippen LogP contribution in [0.5, 0.6) is 0 Å². The molecule has 0 unspecified atom stereocenters. The Morgan fingerprint density at radius 2 is 2.06 bits per heavy atom. The molecule has 0 bridgehead atoms. The van der Waals surface area contributed by atoms with Gasteiger partial charge in [0.15, 0.2) is 0 Å². The fraction of sp³-hybridized carbons (Fsp3) is 0.286. The van der Waals surface area contributed by atoms with Crippen LogP contribution in [0.15, 0.2) is 30.5 Å². The Labute approximate surface area is 100 Å². The standard InChI is InChI=1S/C14H15NO2/c1-9(2)10-4-5-11-6-12(14(16)17-3)8-15-13(11)7-10/h4-9H,1-3H3. The third kappa shape index (κ3) is 2.28. The molecule has 0 radical (unpaired) electrons. The van der Waals surface area contributed by atoms with E-state index in [2.05, 4.69) is 35.7 Å². The minimum absolute atomic E-state index is 0.354. The second-order valence-corrected chi connectivity index (χ2v) is 4.32. The van der Waals surface area contributed by atoms with Crippen molar-refractivity contribution >= 4 is 16.9 Å². The van der Waals surface area contributed by atoms with Crippen LogP contribution in [0.2, 0.25) is 0 Å². The highest BCUT2D eigenvalue weighted by Gasteiger charge is 2.07. The molecule has 1 heterocycles. The van der Waals surface area contributed by atoms with Crippen molar-refractivity contribution in [1.82, 2.24) is 4.98 Å². The van der Waals surface area contributed by atoms with Crippen LogP contribution < -0.4 is 0 Å². The molecule has 2 aromatic rings. The molecule has 0 saturated carbocycles. The number of fused-ring (bicyclic) bond motifs is 1. The van der Waals surface area contributed by atoms with E-state index >= 15 is 0 Å². The summed E-state index contributed by atoms with van der Waals surface area (Å²) in [6.07, 6.45) is 1.55. The predicted octanol–water partition coefficient (Wildman–Crippen LogP) is 3.14. The van der Waals surface area contributed by atoms with Crippen LogP contribution in [0.3, 0.4) is 0 Å². The van der Waals surface area contributed by atoms with Gasteiger partial charge in [0, 0.05) is 11.6 Å². The summed E-state index contributed by atoms with van der Waals surface area (Å²) in [6.45, 7) is 4.29. The van der Waals surface area contributed by atoms with E-state index in [0.717, 1.165) is 10.9 Å². The van der Waals surface area contributed by atoms with Crippen molar-refractivity contribution in [2.75, 3.05) is 7.11 Å². The van der Waals surface area contributed by atoms with E-state index in [0.29, 0.717) is 11.5 Å². The lowest BCUT2D eigenvalue weighted by Gasteiger charge is -2.07. The summed E-state index contributed by atoms with van der Waals surface area (Å²) in [5.41, 5.74) is 2.64. The molecule has 0 spiro atoms. The zero-order valence-corrected chi connectivity index (χ0v) is 10.2. The van der Waals surface area contributed by atoms with E-state index in [1.807, 2.05) is 6.07 Å². The number of rotatable bonds is 2. The summed E-state index contributed by atoms with van der Waals surface area (Å²) in [7, 11) is 1.37. The predicted molar refractivity (Wildman–Crippen MR) is 67.2 cm³/mol. The summed E-state index contributed by atoms with van der Waals surface area (Å²) < 4.78 is 4.67. The van der Waals surface area contributed by atoms with Gasteiger partial charge < -0.3 is 4.74 Å². The van der Waals surface area contributed by atoms with Crippen LogP contribution in [0.1, 0.15) is 35.7 Å². The summed E-state index contributed by atoms with van der Waals surface area (Å²) in [5.74, 6) is 0.119. The molecule has 3 nitrogen and oxygen atoms in total. The van der Waals surface area contributed by atoms with Crippen LogP contribution in [-0.4, -0.2) is 18.1 Å². The number of benzene rings is 1. The van der Waals surface area contributed by atoms with Crippen molar-refractivity contribution in [2.45, 2.75) is 19.8 Å². The number of methoxy groups -OCH3 is 1. The average Bonchev–Trinajstić information content (AvgIpc) is 2.36. The first-order valence-corrected chi connectivity index (χ1v) is 5.60. The highest BCUT2D eigenvalue weighted by molar-refractivity contribution is 5.93. The monoisotopic (exact) mass is 229 g/mol. The lowest BCUT2D eigenvalue weighted by molar-refractivity contribution is 0.0600. The second-order valence-electron chi connectivity index (χ2n) is 4.32. The number of ether oxygens (including phenoxy) is 1. The molecule has 2 rings (SSSR count). The van der Waals surface area contributed by atoms with Crippen LogP contribution >= 0.6 is 0 Å². The molecule has 0 N–H and O–H groups in total. The maximum absolute atomic E-state index is 11.4. The third-order valence-corrected chi connectivity index (χ3v) is 2.80. The van der Waals surface area contributed by atoms with Gasteiger partial charge in [-0.25, -0.2) is 4.79 Å². The molecule has 17 heavy (non-hydrogen) atoms. The van der Waals surface area contributed by atoms with Gasteiger partial charge in [-0.05, 0) is 23.6 Å². The van der Waals surface area contributed by atoms with Gasteiger partial charge in [-0.15, -0.1) is 0 Å². The largest absolute Gasteiger partial charge is 0.465 e. The lowest BCUT2D eigenvalue weighted by atomic mass is 10.0. The van der Waals surface area contributed by atoms with Gasteiger partial charge in [0.05, 0.1) is 18.2 Å². The maximum atomic E-state index is 11.4. The number of aromatic nitrogens is 1. The topological polar surface area (TPSA) is 39.2 Å². The van der Waals surface area contributed by atoms with Crippen molar-refractivity contribution in [2.24, 2.45) is 0 Å². The van der Waals surface area contributed by atoms with Gasteiger partial charge in [-0.1, -0.05) is 26.0 Å². The minimum Gasteiger partial charge on any atom is -0.465 e. The van der Waals surface area contributed by atoms with E-state index in [1.54, 1.807) is 12.3 Å². The highest BCUT2D eigenvalue weighted by atomic mass is 16.5. The van der Waals surface area contributed by atoms with Gasteiger partial charge in [-0.2, -0.15) is 0 Å². The molecule has 1 aromatic heterocycles. The lowest BCUT2D eigenvalue weighted by Crippen LogP contribution is -2.01. The Morgan fingerprint density at radius 3 is 2.71 bits per heavy atom. The molecule has 1 aromatic carbocycles. The van der Waals surface area contributed by atoms with Gasteiger partial charge in [-0.3, -0.25) is 4.98 Å². The van der Waals surface area contributed by atoms with Crippen molar-refractivity contribution in [1.29, 1.82) is 0 Å². The van der Waals surface area contributed by atoms with E-state index in [4.69, 9.17) is 0 Å². The van der Waals surface area contributed by atoms with Crippen LogP contribution in [0, 0.1) is 0 Å². The van der Waals surface area contributed by atoms with Crippen LogP contribution in [0.25, 0.3) is 10.9 Å². The zero-order valence-electron chi connectivity index (χ0n) is 10.2. The number of carbonyl (C=O) groups excluding carboxylic acids is 1. The third-order valence-electron chi connectivity index (χ3n) is 2.80. The number of pyridine rings is 1. The number of carbonyl (C=O) groups is 1. The summed E-state index contributed by atoms with van der Waals surface area (Å²) in [5, 5.41) is 0.956. The first-order chi connectivity index (χ1) is 8.11. The van der Waals surface area contributed by atoms with Crippen molar-refractivity contribution < 1.29 is 9.53 Å². The van der Waals surface area contributed by atoms with E-state index < -0.39 is 0 Å². The van der Waals surface area contributed by atoms with E-state index in [-0.39, 0.29) is 5.97 Å². The molecule has 3 heteroatoms. The number of hydrogen-bond acceptors (Lipinski definition) is 3. The van der Waals surface area contributed by atoms with E-state index in [1.165, 1.54) is 12.7 Å². The van der Waals surface area contributed by atoms with Gasteiger partial charge in [0.25, 0.3) is 0 Å². The maximum Gasteiger partial charge on any atom is 0.339 e. The molecule has 0 saturated heterocycles. The van der Waals surface area contributed by atoms with Crippen LogP contribution in [-0.2, 0) is 4.74 Å². The number of nitrogens with zero attached hydrogens (tertiary/aromatic N) is 1. The molecule has 0 aliphatic carbocycles. The molecular weight excluding hydrogens is 214 g/mol. The van der Waals surface area contributed by atoms with Crippen molar-refractivity contribution in [3.05, 3.63) is 41.6 Å². The Bertz CT molecular complexity index is 561. The van der Waals surface area contributed by atoms with E-state index in [9.17, 15) is 4.79 Å². The van der Waals surface area contributed by atoms with Gasteiger partial charge >= 0.3 is 5.97 Å². The Kier molecular flexibility index (Phi) is 3.09. The highest BCUT2D eigenvalue weighted by Crippen LogP contribution is 2.20. The zero-order chi connectivity index (χ0) is 12.4. The number of esters is 1. The van der Waals surface area contributed by atoms with Gasteiger partial charge in [0.2, 0.25) is 0 Å². The molecule has 0 atom stereocenters. The SMILES string of the molecule is COC(=O)c1cnc2cc(C(C)C)ccc2c1. The fourth-order valence-corrected chi connectivity index (χ4v) is 1.73. The van der Waals surface area contributed by atoms with Crippen molar-refractivity contribution in [3.8, 4) is 0 Å². The normalized spacial score (nSPS) is 10.8. The summed E-state index contributed by atoms with van der Waals surface area (Å²) >= 11 is 0. The first kappa shape index (κ1) is 11.6. The summed E-state index contributed by atoms with van der Waals surface area (Å²) in [4.78, 5) is 15.7. The molecule has 0 amide bonds. The molecule has 0 aliphatic heterocycles. The summed E-state index contributed by atoms with van der Waals surface area (Å²) in [6, 6.07) is 7.92. The Morgan fingerprint density at radius 1 is 1.29 bits per heavy atom. The molecular formula is C14H15NO2. The fourth-order valence-electron chi connectivity index (χ4n) is 1.73. The molecule has 0 aliphatic rings. The first-order valence-electron chi connectivity index (χ1n) is 5.60. The molecule has 0 fully saturated rings. The molecule has 88 valence electrons. The second kappa shape index (κ2) is 4.53. The average molecular weight is 229 g/mol. The minimum atomic E-state index is -0.354. The Balaban J connectivity index is 2.50. The van der Waals surface area contributed by atoms with Crippen molar-refractivity contribution in [3.63, 3.8) is 0 Å². The quantitative estimate of drug-likeness (QED) is 0.742. The Hall–Kier alpha value is -1.90.